The van der Waals surface area contributed by atoms with Crippen LogP contribution >= 0.6 is 0 Å². The van der Waals surface area contributed by atoms with Crippen molar-refractivity contribution in [3.8, 4) is 5.75 Å². The van der Waals surface area contributed by atoms with Crippen LogP contribution in [0.5, 0.6) is 5.75 Å². The number of aldehydes is 1. The SMILES string of the molecule is CC(C)(C)OC(=O)NCCCN(Cc1ccc(F)cc1)C(=O)c1ccc(O)c(C=O)c1. The van der Waals surface area contributed by atoms with Crippen LogP contribution in [0, 0.1) is 5.82 Å². The molecule has 0 spiro atoms. The molecule has 2 rings (SSSR count). The van der Waals surface area contributed by atoms with Crippen LogP contribution in [0.3, 0.4) is 0 Å². The normalized spacial score (nSPS) is 11.0. The number of nitrogens with zero attached hydrogens (tertiary/aromatic N) is 1. The minimum Gasteiger partial charge on any atom is -0.507 e. The quantitative estimate of drug-likeness (QED) is 0.489. The number of hydrogen-bond acceptors (Lipinski definition) is 5. The van der Waals surface area contributed by atoms with Gasteiger partial charge in [0.2, 0.25) is 0 Å². The molecule has 0 saturated carbocycles. The summed E-state index contributed by atoms with van der Waals surface area (Å²) in [6, 6.07) is 9.84. The first-order chi connectivity index (χ1) is 14.6. The van der Waals surface area contributed by atoms with E-state index in [4.69, 9.17) is 4.74 Å². The monoisotopic (exact) mass is 430 g/mol. The van der Waals surface area contributed by atoms with Gasteiger partial charge in [-0.05, 0) is 63.1 Å². The second-order valence-electron chi connectivity index (χ2n) is 8.03. The Morgan fingerprint density at radius 2 is 1.84 bits per heavy atom. The van der Waals surface area contributed by atoms with E-state index in [2.05, 4.69) is 5.32 Å². The Balaban J connectivity index is 2.09. The molecule has 2 amide bonds. The van der Waals surface area contributed by atoms with Crippen molar-refractivity contribution >= 4 is 18.3 Å². The molecule has 0 unspecified atom stereocenters. The number of halogens is 1. The summed E-state index contributed by atoms with van der Waals surface area (Å²) in [5.74, 6) is -0.944. The largest absolute Gasteiger partial charge is 0.507 e. The van der Waals surface area contributed by atoms with Crippen LogP contribution in [-0.2, 0) is 11.3 Å². The van der Waals surface area contributed by atoms with Gasteiger partial charge in [-0.2, -0.15) is 0 Å². The van der Waals surface area contributed by atoms with E-state index in [0.29, 0.717) is 19.3 Å². The lowest BCUT2D eigenvalue weighted by Gasteiger charge is -2.24. The molecule has 0 radical (unpaired) electrons. The molecule has 31 heavy (non-hydrogen) atoms. The van der Waals surface area contributed by atoms with E-state index in [-0.39, 0.29) is 41.7 Å². The molecule has 2 aromatic rings. The number of carbonyl (C=O) groups excluding carboxylic acids is 3. The van der Waals surface area contributed by atoms with E-state index >= 15 is 0 Å². The van der Waals surface area contributed by atoms with E-state index < -0.39 is 11.7 Å². The number of benzene rings is 2. The molecule has 2 aromatic carbocycles. The Labute approximate surface area is 180 Å². The first-order valence-electron chi connectivity index (χ1n) is 9.88. The van der Waals surface area contributed by atoms with Crippen molar-refractivity contribution in [1.82, 2.24) is 10.2 Å². The van der Waals surface area contributed by atoms with E-state index in [9.17, 15) is 23.9 Å². The Bertz CT molecular complexity index is 923. The molecule has 0 bridgehead atoms. The summed E-state index contributed by atoms with van der Waals surface area (Å²) in [5, 5.41) is 12.3. The Hall–Kier alpha value is -3.42. The van der Waals surface area contributed by atoms with Gasteiger partial charge in [-0.3, -0.25) is 9.59 Å². The number of aromatic hydroxyl groups is 1. The lowest BCUT2D eigenvalue weighted by Crippen LogP contribution is -2.36. The summed E-state index contributed by atoms with van der Waals surface area (Å²) in [6.45, 7) is 6.09. The maximum Gasteiger partial charge on any atom is 0.407 e. The fourth-order valence-electron chi connectivity index (χ4n) is 2.80. The summed E-state index contributed by atoms with van der Waals surface area (Å²) in [4.78, 5) is 37.5. The minimum absolute atomic E-state index is 0.0131. The second-order valence-corrected chi connectivity index (χ2v) is 8.03. The lowest BCUT2D eigenvalue weighted by molar-refractivity contribution is 0.0525. The third-order valence-electron chi connectivity index (χ3n) is 4.25. The van der Waals surface area contributed by atoms with Crippen LogP contribution in [0.15, 0.2) is 42.5 Å². The van der Waals surface area contributed by atoms with Crippen molar-refractivity contribution in [1.29, 1.82) is 0 Å². The van der Waals surface area contributed by atoms with Gasteiger partial charge in [0.05, 0.1) is 5.56 Å². The first-order valence-corrected chi connectivity index (χ1v) is 9.88. The molecule has 0 aromatic heterocycles. The van der Waals surface area contributed by atoms with Gasteiger partial charge in [-0.25, -0.2) is 9.18 Å². The van der Waals surface area contributed by atoms with Crippen molar-refractivity contribution in [3.63, 3.8) is 0 Å². The number of carbonyl (C=O) groups is 3. The summed E-state index contributed by atoms with van der Waals surface area (Å²) in [5.41, 5.74) is 0.370. The van der Waals surface area contributed by atoms with Gasteiger partial charge >= 0.3 is 6.09 Å². The summed E-state index contributed by atoms with van der Waals surface area (Å²) in [6.07, 6.45) is 0.379. The molecule has 0 aliphatic heterocycles. The van der Waals surface area contributed by atoms with Crippen LogP contribution in [0.1, 0.15) is 53.5 Å². The smallest absolute Gasteiger partial charge is 0.407 e. The molecule has 166 valence electrons. The van der Waals surface area contributed by atoms with Crippen molar-refractivity contribution in [2.45, 2.75) is 39.3 Å². The average Bonchev–Trinajstić information content (AvgIpc) is 2.70. The fourth-order valence-corrected chi connectivity index (χ4v) is 2.80. The van der Waals surface area contributed by atoms with Crippen LogP contribution in [0.4, 0.5) is 9.18 Å². The third-order valence-corrected chi connectivity index (χ3v) is 4.25. The summed E-state index contributed by atoms with van der Waals surface area (Å²) >= 11 is 0. The number of hydrogen-bond donors (Lipinski definition) is 2. The molecule has 0 atom stereocenters. The van der Waals surface area contributed by atoms with Crippen molar-refractivity contribution in [2.24, 2.45) is 0 Å². The first kappa shape index (κ1) is 23.9. The van der Waals surface area contributed by atoms with E-state index in [0.717, 1.165) is 5.56 Å². The number of rotatable bonds is 8. The Kier molecular flexibility index (Phi) is 8.13. The standard InChI is InChI=1S/C23H27FN2O5/c1-23(2,3)31-22(30)25-11-4-12-26(14-16-5-8-19(24)9-6-16)21(29)17-7-10-20(28)18(13-17)15-27/h5-10,13,15,28H,4,11-12,14H2,1-3H3,(H,25,30). The van der Waals surface area contributed by atoms with Gasteiger partial charge in [0.15, 0.2) is 6.29 Å². The zero-order valence-corrected chi connectivity index (χ0v) is 17.9. The van der Waals surface area contributed by atoms with Gasteiger partial charge in [0.25, 0.3) is 5.91 Å². The maximum absolute atomic E-state index is 13.2. The highest BCUT2D eigenvalue weighted by Crippen LogP contribution is 2.19. The maximum atomic E-state index is 13.2. The fraction of sp³-hybridized carbons (Fsp3) is 0.348. The van der Waals surface area contributed by atoms with E-state index in [1.54, 1.807) is 32.9 Å². The topological polar surface area (TPSA) is 95.9 Å². The summed E-state index contributed by atoms with van der Waals surface area (Å²) in [7, 11) is 0. The molecule has 7 nitrogen and oxygen atoms in total. The van der Waals surface area contributed by atoms with Crippen LogP contribution in [0.25, 0.3) is 0 Å². The van der Waals surface area contributed by atoms with Crippen molar-refractivity contribution < 1.29 is 28.6 Å². The predicted molar refractivity (Wildman–Crippen MR) is 113 cm³/mol. The molecule has 0 aliphatic carbocycles. The second kappa shape index (κ2) is 10.6. The molecule has 0 heterocycles. The zero-order chi connectivity index (χ0) is 23.0. The number of phenols is 1. The van der Waals surface area contributed by atoms with Gasteiger partial charge in [0, 0.05) is 25.2 Å². The van der Waals surface area contributed by atoms with Crippen LogP contribution in [0.2, 0.25) is 0 Å². The Morgan fingerprint density at radius 3 is 2.45 bits per heavy atom. The number of phenolic OH excluding ortho intramolecular Hbond substituents is 1. The minimum atomic E-state index is -0.607. The number of alkyl carbamates (subject to hydrolysis) is 1. The molecular formula is C23H27FN2O5. The molecule has 0 saturated heterocycles. The number of nitrogens with one attached hydrogen (secondary N) is 1. The van der Waals surface area contributed by atoms with E-state index in [1.165, 1.54) is 35.2 Å². The summed E-state index contributed by atoms with van der Waals surface area (Å²) < 4.78 is 18.4. The average molecular weight is 430 g/mol. The highest BCUT2D eigenvalue weighted by molar-refractivity contribution is 5.96. The van der Waals surface area contributed by atoms with Gasteiger partial charge < -0.3 is 20.1 Å². The van der Waals surface area contributed by atoms with Gasteiger partial charge in [-0.15, -0.1) is 0 Å². The van der Waals surface area contributed by atoms with Crippen LogP contribution in [-0.4, -0.2) is 47.0 Å². The molecule has 2 N–H and O–H groups in total. The number of amides is 2. The van der Waals surface area contributed by atoms with Crippen molar-refractivity contribution in [2.75, 3.05) is 13.1 Å². The van der Waals surface area contributed by atoms with Crippen LogP contribution < -0.4 is 5.32 Å². The predicted octanol–water partition coefficient (Wildman–Crippen LogP) is 3.90. The highest BCUT2D eigenvalue weighted by atomic mass is 19.1. The van der Waals surface area contributed by atoms with E-state index in [1.807, 2.05) is 0 Å². The zero-order valence-electron chi connectivity index (χ0n) is 17.9. The van der Waals surface area contributed by atoms with Crippen molar-refractivity contribution in [3.05, 3.63) is 65.0 Å². The highest BCUT2D eigenvalue weighted by Gasteiger charge is 2.19. The van der Waals surface area contributed by atoms with Gasteiger partial charge in [0.1, 0.15) is 17.2 Å². The number of ether oxygens (including phenoxy) is 1. The lowest BCUT2D eigenvalue weighted by atomic mass is 10.1. The molecule has 0 fully saturated rings. The molecule has 8 heteroatoms. The Morgan fingerprint density at radius 1 is 1.16 bits per heavy atom. The molecular weight excluding hydrogens is 403 g/mol. The van der Waals surface area contributed by atoms with Gasteiger partial charge in [-0.1, -0.05) is 12.1 Å². The molecule has 0 aliphatic rings. The third kappa shape index (κ3) is 7.73.